The first-order chi connectivity index (χ1) is 9.71. The standard InChI is InChI=1S/C15H23N3O3/c1-6-7-11-9-16-13(17-10(2)19)8-12(11)18-14(20)21-15(3,4)5/h8-9H,6-7H2,1-5H3,(H2,16,17,18,19,20). The van der Waals surface area contributed by atoms with Gasteiger partial charge in [-0.2, -0.15) is 0 Å². The summed E-state index contributed by atoms with van der Waals surface area (Å²) in [7, 11) is 0. The molecule has 0 aliphatic carbocycles. The number of aromatic nitrogens is 1. The summed E-state index contributed by atoms with van der Waals surface area (Å²) in [4.78, 5) is 27.1. The molecule has 21 heavy (non-hydrogen) atoms. The minimum atomic E-state index is -0.567. The van der Waals surface area contributed by atoms with Crippen LogP contribution in [-0.4, -0.2) is 22.6 Å². The summed E-state index contributed by atoms with van der Waals surface area (Å²) in [6, 6.07) is 1.64. The summed E-state index contributed by atoms with van der Waals surface area (Å²) in [5.41, 5.74) is 0.935. The average molecular weight is 293 g/mol. The van der Waals surface area contributed by atoms with Crippen LogP contribution in [0.5, 0.6) is 0 Å². The van der Waals surface area contributed by atoms with Gasteiger partial charge < -0.3 is 10.1 Å². The van der Waals surface area contributed by atoms with E-state index in [1.807, 2.05) is 6.92 Å². The van der Waals surface area contributed by atoms with Gasteiger partial charge in [0.05, 0.1) is 5.69 Å². The Morgan fingerprint density at radius 2 is 1.95 bits per heavy atom. The molecule has 2 N–H and O–H groups in total. The zero-order chi connectivity index (χ0) is 16.0. The van der Waals surface area contributed by atoms with Gasteiger partial charge in [-0.25, -0.2) is 9.78 Å². The molecule has 0 atom stereocenters. The molecule has 1 rings (SSSR count). The van der Waals surface area contributed by atoms with Crippen molar-refractivity contribution < 1.29 is 14.3 Å². The second-order valence-corrected chi connectivity index (χ2v) is 5.78. The topological polar surface area (TPSA) is 80.3 Å². The minimum Gasteiger partial charge on any atom is -0.444 e. The van der Waals surface area contributed by atoms with E-state index in [0.717, 1.165) is 18.4 Å². The van der Waals surface area contributed by atoms with Crippen LogP contribution in [0.1, 0.15) is 46.6 Å². The number of anilines is 2. The highest BCUT2D eigenvalue weighted by molar-refractivity contribution is 5.90. The molecule has 6 heteroatoms. The molecule has 0 unspecified atom stereocenters. The summed E-state index contributed by atoms with van der Waals surface area (Å²) < 4.78 is 5.24. The molecule has 0 saturated heterocycles. The van der Waals surface area contributed by atoms with Crippen LogP contribution in [0.2, 0.25) is 0 Å². The Balaban J connectivity index is 2.94. The van der Waals surface area contributed by atoms with Gasteiger partial charge in [-0.15, -0.1) is 0 Å². The van der Waals surface area contributed by atoms with Crippen LogP contribution in [0.25, 0.3) is 0 Å². The Labute approximate surface area is 125 Å². The number of nitrogens with one attached hydrogen (secondary N) is 2. The van der Waals surface area contributed by atoms with Crippen LogP contribution < -0.4 is 10.6 Å². The van der Waals surface area contributed by atoms with Crippen molar-refractivity contribution in [2.75, 3.05) is 10.6 Å². The Morgan fingerprint density at radius 1 is 1.29 bits per heavy atom. The van der Waals surface area contributed by atoms with Crippen LogP contribution in [0.4, 0.5) is 16.3 Å². The number of pyridine rings is 1. The zero-order valence-electron chi connectivity index (χ0n) is 13.2. The number of carbonyl (C=O) groups is 2. The van der Waals surface area contributed by atoms with Crippen molar-refractivity contribution in [3.05, 3.63) is 17.8 Å². The Kier molecular flexibility index (Phi) is 5.69. The summed E-state index contributed by atoms with van der Waals surface area (Å²) in [6.07, 6.45) is 2.82. The molecular weight excluding hydrogens is 270 g/mol. The maximum absolute atomic E-state index is 11.9. The van der Waals surface area contributed by atoms with Crippen LogP contribution in [-0.2, 0) is 16.0 Å². The van der Waals surface area contributed by atoms with Crippen LogP contribution in [0.3, 0.4) is 0 Å². The molecule has 0 fully saturated rings. The molecule has 0 saturated carbocycles. The van der Waals surface area contributed by atoms with E-state index in [9.17, 15) is 9.59 Å². The fourth-order valence-electron chi connectivity index (χ4n) is 1.73. The number of aryl methyl sites for hydroxylation is 1. The lowest BCUT2D eigenvalue weighted by Gasteiger charge is -2.20. The Bertz CT molecular complexity index is 521. The summed E-state index contributed by atoms with van der Waals surface area (Å²) >= 11 is 0. The first kappa shape index (κ1) is 16.9. The van der Waals surface area contributed by atoms with Crippen molar-refractivity contribution in [2.45, 2.75) is 53.1 Å². The number of nitrogens with zero attached hydrogens (tertiary/aromatic N) is 1. The van der Waals surface area contributed by atoms with Crippen molar-refractivity contribution in [3.63, 3.8) is 0 Å². The zero-order valence-corrected chi connectivity index (χ0v) is 13.2. The maximum Gasteiger partial charge on any atom is 0.412 e. The molecule has 0 bridgehead atoms. The third-order valence-corrected chi connectivity index (χ3v) is 2.45. The smallest absolute Gasteiger partial charge is 0.412 e. The lowest BCUT2D eigenvalue weighted by molar-refractivity contribution is -0.114. The van der Waals surface area contributed by atoms with Gasteiger partial charge in [0.25, 0.3) is 0 Å². The van der Waals surface area contributed by atoms with E-state index in [-0.39, 0.29) is 5.91 Å². The fourth-order valence-corrected chi connectivity index (χ4v) is 1.73. The molecule has 6 nitrogen and oxygen atoms in total. The molecule has 0 aliphatic heterocycles. The summed E-state index contributed by atoms with van der Waals surface area (Å²) in [5.74, 6) is 0.183. The van der Waals surface area contributed by atoms with Gasteiger partial charge >= 0.3 is 6.09 Å². The van der Waals surface area contributed by atoms with Gasteiger partial charge in [0.15, 0.2) is 0 Å². The highest BCUT2D eigenvalue weighted by Crippen LogP contribution is 2.21. The van der Waals surface area contributed by atoms with Crippen LogP contribution >= 0.6 is 0 Å². The lowest BCUT2D eigenvalue weighted by atomic mass is 10.1. The molecule has 0 spiro atoms. The van der Waals surface area contributed by atoms with Gasteiger partial charge in [0, 0.05) is 19.2 Å². The molecule has 0 radical (unpaired) electrons. The number of rotatable bonds is 4. The molecule has 1 aromatic heterocycles. The number of hydrogen-bond acceptors (Lipinski definition) is 4. The largest absolute Gasteiger partial charge is 0.444 e. The highest BCUT2D eigenvalue weighted by atomic mass is 16.6. The van der Waals surface area contributed by atoms with E-state index >= 15 is 0 Å². The van der Waals surface area contributed by atoms with Gasteiger partial charge in [0.2, 0.25) is 5.91 Å². The van der Waals surface area contributed by atoms with E-state index in [1.165, 1.54) is 6.92 Å². The van der Waals surface area contributed by atoms with Crippen molar-refractivity contribution in [2.24, 2.45) is 0 Å². The molecule has 1 heterocycles. The minimum absolute atomic E-state index is 0.214. The number of ether oxygens (including phenoxy) is 1. The first-order valence-corrected chi connectivity index (χ1v) is 6.97. The van der Waals surface area contributed by atoms with Gasteiger partial charge in [0.1, 0.15) is 11.4 Å². The number of hydrogen-bond donors (Lipinski definition) is 2. The molecule has 2 amide bonds. The third-order valence-electron chi connectivity index (χ3n) is 2.45. The third kappa shape index (κ3) is 6.25. The second kappa shape index (κ2) is 7.06. The summed E-state index contributed by atoms with van der Waals surface area (Å²) in [5, 5.41) is 5.31. The first-order valence-electron chi connectivity index (χ1n) is 6.97. The lowest BCUT2D eigenvalue weighted by Crippen LogP contribution is -2.27. The van der Waals surface area contributed by atoms with Gasteiger partial charge in [-0.05, 0) is 32.8 Å². The Hall–Kier alpha value is -2.11. The molecule has 116 valence electrons. The Morgan fingerprint density at radius 3 is 2.48 bits per heavy atom. The summed E-state index contributed by atoms with van der Waals surface area (Å²) in [6.45, 7) is 8.85. The number of carbonyl (C=O) groups excluding carboxylic acids is 2. The molecule has 1 aromatic rings. The normalized spacial score (nSPS) is 10.9. The quantitative estimate of drug-likeness (QED) is 0.892. The van der Waals surface area contributed by atoms with E-state index in [2.05, 4.69) is 15.6 Å². The van der Waals surface area contributed by atoms with Crippen molar-refractivity contribution in [3.8, 4) is 0 Å². The van der Waals surface area contributed by atoms with Crippen molar-refractivity contribution >= 4 is 23.5 Å². The van der Waals surface area contributed by atoms with Crippen LogP contribution in [0, 0.1) is 0 Å². The molecule has 0 aliphatic rings. The van der Waals surface area contributed by atoms with Crippen molar-refractivity contribution in [1.29, 1.82) is 0 Å². The van der Waals surface area contributed by atoms with E-state index in [4.69, 9.17) is 4.74 Å². The van der Waals surface area contributed by atoms with E-state index < -0.39 is 11.7 Å². The van der Waals surface area contributed by atoms with Crippen LogP contribution in [0.15, 0.2) is 12.3 Å². The predicted molar refractivity (Wildman–Crippen MR) is 82.4 cm³/mol. The predicted octanol–water partition coefficient (Wildman–Crippen LogP) is 3.34. The molecular formula is C15H23N3O3. The van der Waals surface area contributed by atoms with Gasteiger partial charge in [-0.1, -0.05) is 13.3 Å². The highest BCUT2D eigenvalue weighted by Gasteiger charge is 2.17. The number of amides is 2. The van der Waals surface area contributed by atoms with Gasteiger partial charge in [-0.3, -0.25) is 10.1 Å². The molecule has 0 aromatic carbocycles. The van der Waals surface area contributed by atoms with Crippen molar-refractivity contribution in [1.82, 2.24) is 4.98 Å². The maximum atomic E-state index is 11.9. The second-order valence-electron chi connectivity index (χ2n) is 5.78. The average Bonchev–Trinajstić information content (AvgIpc) is 2.29. The van der Waals surface area contributed by atoms with E-state index in [0.29, 0.717) is 11.5 Å². The fraction of sp³-hybridized carbons (Fsp3) is 0.533. The monoisotopic (exact) mass is 293 g/mol. The SMILES string of the molecule is CCCc1cnc(NC(C)=O)cc1NC(=O)OC(C)(C)C. The van der Waals surface area contributed by atoms with E-state index in [1.54, 1.807) is 33.0 Å².